The van der Waals surface area contributed by atoms with Crippen LogP contribution in [0.3, 0.4) is 0 Å². The lowest BCUT2D eigenvalue weighted by Crippen LogP contribution is -2.49. The number of aromatic nitrogens is 2. The highest BCUT2D eigenvalue weighted by atomic mass is 35.5. The molecule has 7 heteroatoms. The highest BCUT2D eigenvalue weighted by Crippen LogP contribution is 2.27. The number of hydrogen-bond donors (Lipinski definition) is 0. The van der Waals surface area contributed by atoms with Gasteiger partial charge >= 0.3 is 6.03 Å². The largest absolute Gasteiger partial charge is 0.371 e. The molecule has 1 aromatic carbocycles. The van der Waals surface area contributed by atoms with Crippen molar-refractivity contribution in [3.05, 3.63) is 46.7 Å². The minimum Gasteiger partial charge on any atom is -0.371 e. The van der Waals surface area contributed by atoms with Gasteiger partial charge in [-0.2, -0.15) is 9.78 Å². The van der Waals surface area contributed by atoms with Crippen LogP contribution in [0.5, 0.6) is 0 Å². The minimum atomic E-state index is -0.102. The number of rotatable bonds is 3. The highest BCUT2D eigenvalue weighted by molar-refractivity contribution is 6.30. The highest BCUT2D eigenvalue weighted by Gasteiger charge is 2.24. The molecular weight excluding hydrogens is 362 g/mol. The standard InChI is InChI=1S/C20H26ClN5O/c1-16-4-5-17(19(12-16)24-6-2-3-7-24)14-23-8-10-25(11-9-23)20(27)26-15-18(21)13-22-26/h4-5,12-13,15H,2-3,6-11,14H2,1H3. The summed E-state index contributed by atoms with van der Waals surface area (Å²) in [5.74, 6) is 0. The molecule has 2 aromatic rings. The lowest BCUT2D eigenvalue weighted by molar-refractivity contribution is 0.134. The lowest BCUT2D eigenvalue weighted by atomic mass is 10.1. The number of nitrogens with zero attached hydrogens (tertiary/aromatic N) is 5. The van der Waals surface area contributed by atoms with Crippen molar-refractivity contribution in [3.8, 4) is 0 Å². The first-order chi connectivity index (χ1) is 13.1. The van der Waals surface area contributed by atoms with E-state index in [9.17, 15) is 4.79 Å². The zero-order valence-electron chi connectivity index (χ0n) is 15.8. The van der Waals surface area contributed by atoms with Gasteiger partial charge < -0.3 is 9.80 Å². The Morgan fingerprint density at radius 1 is 1.11 bits per heavy atom. The summed E-state index contributed by atoms with van der Waals surface area (Å²) in [6.45, 7) is 8.57. The molecule has 0 unspecified atom stereocenters. The maximum absolute atomic E-state index is 12.5. The maximum Gasteiger partial charge on any atom is 0.344 e. The van der Waals surface area contributed by atoms with Gasteiger partial charge in [0.15, 0.2) is 0 Å². The Bertz CT molecular complexity index is 806. The van der Waals surface area contributed by atoms with Gasteiger partial charge in [-0.3, -0.25) is 4.90 Å². The van der Waals surface area contributed by atoms with Crippen LogP contribution in [0.1, 0.15) is 24.0 Å². The molecule has 2 aliphatic heterocycles. The first-order valence-corrected chi connectivity index (χ1v) is 10.0. The van der Waals surface area contributed by atoms with E-state index in [2.05, 4.69) is 40.0 Å². The average molecular weight is 388 g/mol. The molecule has 0 N–H and O–H groups in total. The molecule has 2 aliphatic rings. The fourth-order valence-corrected chi connectivity index (χ4v) is 4.08. The maximum atomic E-state index is 12.5. The molecule has 0 bridgehead atoms. The third-order valence-corrected chi connectivity index (χ3v) is 5.67. The molecule has 0 aliphatic carbocycles. The average Bonchev–Trinajstić information content (AvgIpc) is 3.35. The summed E-state index contributed by atoms with van der Waals surface area (Å²) in [7, 11) is 0. The van der Waals surface area contributed by atoms with Gasteiger partial charge in [-0.05, 0) is 37.0 Å². The Balaban J connectivity index is 1.39. The summed E-state index contributed by atoms with van der Waals surface area (Å²) in [6, 6.07) is 6.69. The van der Waals surface area contributed by atoms with Gasteiger partial charge in [0, 0.05) is 51.5 Å². The second-order valence-corrected chi connectivity index (χ2v) is 7.91. The van der Waals surface area contributed by atoms with Crippen LogP contribution in [0.25, 0.3) is 0 Å². The van der Waals surface area contributed by atoms with Crippen LogP contribution in [-0.2, 0) is 6.54 Å². The van der Waals surface area contributed by atoms with Crippen LogP contribution >= 0.6 is 11.6 Å². The molecular formula is C20H26ClN5O. The van der Waals surface area contributed by atoms with Gasteiger partial charge in [0.25, 0.3) is 0 Å². The third-order valence-electron chi connectivity index (χ3n) is 5.47. The fourth-order valence-electron chi connectivity index (χ4n) is 3.95. The van der Waals surface area contributed by atoms with Crippen molar-refractivity contribution in [2.45, 2.75) is 26.3 Å². The lowest BCUT2D eigenvalue weighted by Gasteiger charge is -2.35. The number of carbonyl (C=O) groups excluding carboxylic acids is 1. The van der Waals surface area contributed by atoms with Crippen molar-refractivity contribution >= 4 is 23.3 Å². The Morgan fingerprint density at radius 3 is 2.52 bits per heavy atom. The van der Waals surface area contributed by atoms with E-state index in [1.807, 2.05) is 4.90 Å². The van der Waals surface area contributed by atoms with Gasteiger partial charge in [0.1, 0.15) is 0 Å². The van der Waals surface area contributed by atoms with Crippen LogP contribution in [0, 0.1) is 6.92 Å². The van der Waals surface area contributed by atoms with Gasteiger partial charge in [-0.15, -0.1) is 0 Å². The summed E-state index contributed by atoms with van der Waals surface area (Å²) in [5.41, 5.74) is 4.09. The summed E-state index contributed by atoms with van der Waals surface area (Å²) < 4.78 is 1.32. The normalized spacial score (nSPS) is 18.3. The van der Waals surface area contributed by atoms with Crippen molar-refractivity contribution in [2.24, 2.45) is 0 Å². The fraction of sp³-hybridized carbons (Fsp3) is 0.500. The number of aryl methyl sites for hydroxylation is 1. The summed E-state index contributed by atoms with van der Waals surface area (Å²) in [4.78, 5) is 19.3. The van der Waals surface area contributed by atoms with Crippen molar-refractivity contribution < 1.29 is 4.79 Å². The van der Waals surface area contributed by atoms with Crippen molar-refractivity contribution in [1.29, 1.82) is 0 Å². The van der Waals surface area contributed by atoms with E-state index >= 15 is 0 Å². The Labute approximate surface area is 165 Å². The molecule has 0 radical (unpaired) electrons. The van der Waals surface area contributed by atoms with E-state index < -0.39 is 0 Å². The van der Waals surface area contributed by atoms with Crippen LogP contribution in [-0.4, -0.2) is 64.9 Å². The monoisotopic (exact) mass is 387 g/mol. The van der Waals surface area contributed by atoms with Crippen molar-refractivity contribution in [2.75, 3.05) is 44.2 Å². The number of halogens is 1. The van der Waals surface area contributed by atoms with Crippen LogP contribution < -0.4 is 4.90 Å². The third kappa shape index (κ3) is 4.12. The van der Waals surface area contributed by atoms with Gasteiger partial charge in [0.05, 0.1) is 17.4 Å². The second kappa shape index (κ2) is 7.90. The van der Waals surface area contributed by atoms with E-state index in [-0.39, 0.29) is 6.03 Å². The number of piperazine rings is 1. The Morgan fingerprint density at radius 2 is 1.85 bits per heavy atom. The molecule has 27 heavy (non-hydrogen) atoms. The molecule has 144 valence electrons. The van der Waals surface area contributed by atoms with Crippen LogP contribution in [0.15, 0.2) is 30.6 Å². The zero-order valence-corrected chi connectivity index (χ0v) is 16.5. The molecule has 2 fully saturated rings. The first kappa shape index (κ1) is 18.3. The molecule has 3 heterocycles. The van der Waals surface area contributed by atoms with Crippen LogP contribution in [0.2, 0.25) is 5.02 Å². The summed E-state index contributed by atoms with van der Waals surface area (Å²) >= 11 is 5.87. The first-order valence-electron chi connectivity index (χ1n) is 9.66. The van der Waals surface area contributed by atoms with Gasteiger partial charge in [-0.25, -0.2) is 4.79 Å². The molecule has 6 nitrogen and oxygen atoms in total. The van der Waals surface area contributed by atoms with E-state index in [4.69, 9.17) is 11.6 Å². The SMILES string of the molecule is Cc1ccc(CN2CCN(C(=O)n3cc(Cl)cn3)CC2)c(N2CCCC2)c1. The quantitative estimate of drug-likeness (QED) is 0.811. The van der Waals surface area contributed by atoms with E-state index in [0.717, 1.165) is 32.7 Å². The van der Waals surface area contributed by atoms with Crippen molar-refractivity contribution in [1.82, 2.24) is 19.6 Å². The van der Waals surface area contributed by atoms with E-state index in [0.29, 0.717) is 18.1 Å². The smallest absolute Gasteiger partial charge is 0.344 e. The van der Waals surface area contributed by atoms with E-state index in [1.165, 1.54) is 40.5 Å². The number of hydrogen-bond acceptors (Lipinski definition) is 4. The molecule has 0 spiro atoms. The van der Waals surface area contributed by atoms with Gasteiger partial charge in [0.2, 0.25) is 0 Å². The Kier molecular flexibility index (Phi) is 5.36. The molecule has 0 saturated carbocycles. The number of anilines is 1. The van der Waals surface area contributed by atoms with Crippen molar-refractivity contribution in [3.63, 3.8) is 0 Å². The molecule has 1 amide bonds. The van der Waals surface area contributed by atoms with E-state index in [1.54, 1.807) is 6.20 Å². The number of amides is 1. The molecule has 1 aromatic heterocycles. The van der Waals surface area contributed by atoms with Crippen LogP contribution in [0.4, 0.5) is 10.5 Å². The summed E-state index contributed by atoms with van der Waals surface area (Å²) in [6.07, 6.45) is 5.62. The molecule has 0 atom stereocenters. The number of benzene rings is 1. The second-order valence-electron chi connectivity index (χ2n) is 7.48. The molecule has 2 saturated heterocycles. The topological polar surface area (TPSA) is 44.6 Å². The number of carbonyl (C=O) groups is 1. The predicted octanol–water partition coefficient (Wildman–Crippen LogP) is 3.23. The predicted molar refractivity (Wildman–Crippen MR) is 108 cm³/mol. The molecule has 4 rings (SSSR count). The Hall–Kier alpha value is -2.05. The minimum absolute atomic E-state index is 0.102. The van der Waals surface area contributed by atoms with Gasteiger partial charge in [-0.1, -0.05) is 23.7 Å². The summed E-state index contributed by atoms with van der Waals surface area (Å²) in [5, 5.41) is 4.50. The zero-order chi connectivity index (χ0) is 18.8.